The first kappa shape index (κ1) is 14.1. The van der Waals surface area contributed by atoms with Crippen LogP contribution < -0.4 is 5.73 Å². The summed E-state index contributed by atoms with van der Waals surface area (Å²) in [6, 6.07) is 0. The van der Waals surface area contributed by atoms with Crippen LogP contribution in [0.3, 0.4) is 0 Å². The van der Waals surface area contributed by atoms with Crippen LogP contribution >= 0.6 is 12.4 Å². The zero-order chi connectivity index (χ0) is 9.28. The van der Waals surface area contributed by atoms with Crippen LogP contribution in [0.15, 0.2) is 0 Å². The van der Waals surface area contributed by atoms with Crippen molar-refractivity contribution in [2.24, 2.45) is 5.73 Å². The Kier molecular flexibility index (Phi) is 4.63. The zero-order valence-electron chi connectivity index (χ0n) is 6.18. The highest BCUT2D eigenvalue weighted by atomic mass is 35.5. The van der Waals surface area contributed by atoms with Gasteiger partial charge in [-0.2, -0.15) is 13.2 Å². The van der Waals surface area contributed by atoms with E-state index in [2.05, 4.69) is 5.73 Å². The Hall–Kier alpha value is -0.490. The molecule has 3 nitrogen and oxygen atoms in total. The maximum Gasteiger partial charge on any atom is 0.417 e. The third-order valence-electron chi connectivity index (χ3n) is 1.45. The topological polar surface area (TPSA) is 63.3 Å². The first-order chi connectivity index (χ1) is 4.75. The zero-order valence-corrected chi connectivity index (χ0v) is 7.00. The number of carbonyl (C=O) groups is 1. The number of hydrogen-bond acceptors (Lipinski definition) is 2. The molecule has 1 atom stereocenters. The van der Waals surface area contributed by atoms with E-state index in [-0.39, 0.29) is 12.4 Å². The largest absolute Gasteiger partial charge is 0.480 e. The third-order valence-corrected chi connectivity index (χ3v) is 1.45. The second-order valence-corrected chi connectivity index (χ2v) is 2.13. The molecule has 3 N–H and O–H groups in total. The molecule has 74 valence electrons. The summed E-state index contributed by atoms with van der Waals surface area (Å²) in [5.41, 5.74) is 1.49. The number of rotatable bonds is 2. The van der Waals surface area contributed by atoms with Gasteiger partial charge in [0.2, 0.25) is 5.54 Å². The Morgan fingerprint density at radius 2 is 1.83 bits per heavy atom. The van der Waals surface area contributed by atoms with Gasteiger partial charge in [-0.25, -0.2) is 4.79 Å². The number of carboxylic acid groups (broad SMARTS) is 1. The van der Waals surface area contributed by atoms with Crippen LogP contribution in [0.2, 0.25) is 0 Å². The summed E-state index contributed by atoms with van der Waals surface area (Å²) >= 11 is 0. The molecule has 0 aliphatic rings. The molecule has 1 unspecified atom stereocenters. The normalized spacial score (nSPS) is 16.1. The smallest absolute Gasteiger partial charge is 0.417 e. The molecule has 0 bridgehead atoms. The predicted octanol–water partition coefficient (Wildman–Crippen LogP) is 1.16. The van der Waals surface area contributed by atoms with E-state index in [4.69, 9.17) is 5.11 Å². The number of nitrogens with two attached hydrogens (primary N) is 1. The fourth-order valence-electron chi connectivity index (χ4n) is 0.473. The predicted molar refractivity (Wildman–Crippen MR) is 38.1 cm³/mol. The van der Waals surface area contributed by atoms with Crippen LogP contribution in [0.5, 0.6) is 0 Å². The minimum absolute atomic E-state index is 0. The van der Waals surface area contributed by atoms with Crippen molar-refractivity contribution in [3.63, 3.8) is 0 Å². The molecule has 0 fully saturated rings. The van der Waals surface area contributed by atoms with E-state index in [0.29, 0.717) is 0 Å². The minimum Gasteiger partial charge on any atom is -0.480 e. The summed E-state index contributed by atoms with van der Waals surface area (Å²) in [6.45, 7) is 1.07. The van der Waals surface area contributed by atoms with Gasteiger partial charge in [0.1, 0.15) is 0 Å². The van der Waals surface area contributed by atoms with Gasteiger partial charge in [-0.1, -0.05) is 6.92 Å². The van der Waals surface area contributed by atoms with E-state index in [1.165, 1.54) is 0 Å². The molecule has 0 aliphatic carbocycles. The molecular formula is C5H9ClF3NO2. The monoisotopic (exact) mass is 207 g/mol. The Morgan fingerprint density at radius 1 is 1.50 bits per heavy atom. The van der Waals surface area contributed by atoms with Gasteiger partial charge in [-0.15, -0.1) is 12.4 Å². The van der Waals surface area contributed by atoms with Gasteiger partial charge in [0.25, 0.3) is 0 Å². The molecule has 0 aromatic rings. The van der Waals surface area contributed by atoms with Crippen molar-refractivity contribution in [2.45, 2.75) is 25.1 Å². The van der Waals surface area contributed by atoms with Gasteiger partial charge in [0.05, 0.1) is 0 Å². The maximum atomic E-state index is 11.8. The average Bonchev–Trinajstić information content (AvgIpc) is 1.83. The van der Waals surface area contributed by atoms with Gasteiger partial charge in [0.15, 0.2) is 0 Å². The molecule has 0 rings (SSSR count). The van der Waals surface area contributed by atoms with Crippen LogP contribution in [0.25, 0.3) is 0 Å². The van der Waals surface area contributed by atoms with Gasteiger partial charge in [-0.3, -0.25) is 0 Å². The quantitative estimate of drug-likeness (QED) is 0.714. The second kappa shape index (κ2) is 3.95. The lowest BCUT2D eigenvalue weighted by atomic mass is 9.97. The van der Waals surface area contributed by atoms with Gasteiger partial charge >= 0.3 is 12.1 Å². The molecule has 12 heavy (non-hydrogen) atoms. The molecule has 0 saturated carbocycles. The summed E-state index contributed by atoms with van der Waals surface area (Å²) in [5.74, 6) is -2.05. The van der Waals surface area contributed by atoms with E-state index in [1.54, 1.807) is 0 Å². The average molecular weight is 208 g/mol. The number of hydrogen-bond donors (Lipinski definition) is 2. The lowest BCUT2D eigenvalue weighted by Crippen LogP contribution is -2.59. The van der Waals surface area contributed by atoms with Crippen LogP contribution in [-0.4, -0.2) is 22.8 Å². The molecule has 7 heteroatoms. The van der Waals surface area contributed by atoms with Crippen molar-refractivity contribution < 1.29 is 23.1 Å². The molecule has 0 heterocycles. The molecule has 0 aromatic heterocycles. The molecule has 0 saturated heterocycles. The number of alkyl halides is 3. The summed E-state index contributed by atoms with van der Waals surface area (Å²) in [6.07, 6.45) is -5.57. The number of aliphatic carboxylic acids is 1. The van der Waals surface area contributed by atoms with Gasteiger partial charge in [-0.05, 0) is 6.42 Å². The van der Waals surface area contributed by atoms with Crippen LogP contribution in [0.1, 0.15) is 13.3 Å². The lowest BCUT2D eigenvalue weighted by molar-refractivity contribution is -0.202. The van der Waals surface area contributed by atoms with Gasteiger partial charge < -0.3 is 10.8 Å². The Morgan fingerprint density at radius 3 is 1.83 bits per heavy atom. The highest BCUT2D eigenvalue weighted by molar-refractivity contribution is 5.85. The van der Waals surface area contributed by atoms with Crippen LogP contribution in [0, 0.1) is 0 Å². The lowest BCUT2D eigenvalue weighted by Gasteiger charge is -2.25. The first-order valence-corrected chi connectivity index (χ1v) is 2.84. The SMILES string of the molecule is CCC(N)(C(=O)O)C(F)(F)F.Cl. The highest BCUT2D eigenvalue weighted by Crippen LogP contribution is 2.30. The Balaban J connectivity index is 0. The van der Waals surface area contributed by atoms with E-state index in [0.717, 1.165) is 6.92 Å². The molecular weight excluding hydrogens is 199 g/mol. The molecule has 0 aliphatic heterocycles. The summed E-state index contributed by atoms with van der Waals surface area (Å²) in [5, 5.41) is 8.12. The summed E-state index contributed by atoms with van der Waals surface area (Å²) in [4.78, 5) is 10.1. The van der Waals surface area contributed by atoms with Crippen LogP contribution in [0.4, 0.5) is 13.2 Å². The van der Waals surface area contributed by atoms with E-state index >= 15 is 0 Å². The van der Waals surface area contributed by atoms with E-state index < -0.39 is 24.1 Å². The number of halogens is 4. The molecule has 0 spiro atoms. The Bertz CT molecular complexity index is 173. The van der Waals surface area contributed by atoms with Crippen LogP contribution in [-0.2, 0) is 4.79 Å². The fourth-order valence-corrected chi connectivity index (χ4v) is 0.473. The first-order valence-electron chi connectivity index (χ1n) is 2.84. The molecule has 0 amide bonds. The highest BCUT2D eigenvalue weighted by Gasteiger charge is 2.56. The molecule has 0 aromatic carbocycles. The maximum absolute atomic E-state index is 11.8. The standard InChI is InChI=1S/C5H8F3NO2.ClH/c1-2-4(9,3(10)11)5(6,7)8;/h2,9H2,1H3,(H,10,11);1H. The van der Waals surface area contributed by atoms with E-state index in [9.17, 15) is 18.0 Å². The second-order valence-electron chi connectivity index (χ2n) is 2.13. The van der Waals surface area contributed by atoms with Crippen molar-refractivity contribution in [3.05, 3.63) is 0 Å². The minimum atomic E-state index is -4.90. The van der Waals surface area contributed by atoms with Crippen molar-refractivity contribution in [1.29, 1.82) is 0 Å². The third kappa shape index (κ3) is 2.25. The van der Waals surface area contributed by atoms with Crippen molar-refractivity contribution in [3.8, 4) is 0 Å². The summed E-state index contributed by atoms with van der Waals surface area (Å²) in [7, 11) is 0. The van der Waals surface area contributed by atoms with Gasteiger partial charge in [0, 0.05) is 0 Å². The molecule has 0 radical (unpaired) electrons. The summed E-state index contributed by atoms with van der Waals surface area (Å²) < 4.78 is 35.5. The van der Waals surface area contributed by atoms with Crippen molar-refractivity contribution >= 4 is 18.4 Å². The fraction of sp³-hybridized carbons (Fsp3) is 0.800. The van der Waals surface area contributed by atoms with Crippen molar-refractivity contribution in [1.82, 2.24) is 0 Å². The Labute approximate surface area is 73.1 Å². The van der Waals surface area contributed by atoms with Crippen molar-refractivity contribution in [2.75, 3.05) is 0 Å². The van der Waals surface area contributed by atoms with E-state index in [1.807, 2.05) is 0 Å². The number of carboxylic acids is 1.